The summed E-state index contributed by atoms with van der Waals surface area (Å²) in [5.74, 6) is -0.274. The van der Waals surface area contributed by atoms with E-state index in [9.17, 15) is 4.39 Å². The fourth-order valence-electron chi connectivity index (χ4n) is 2.04. The highest BCUT2D eigenvalue weighted by atomic mass is 19.1. The molecule has 0 bridgehead atoms. The van der Waals surface area contributed by atoms with Crippen molar-refractivity contribution in [1.82, 2.24) is 4.98 Å². The average Bonchev–Trinajstić information content (AvgIpc) is 2.93. The Balaban J connectivity index is 2.00. The van der Waals surface area contributed by atoms with Gasteiger partial charge in [-0.1, -0.05) is 6.07 Å². The maximum absolute atomic E-state index is 13.2. The number of aliphatic hydroxyl groups excluding tert-OH is 1. The predicted octanol–water partition coefficient (Wildman–Crippen LogP) is 2.00. The average molecular weight is 234 g/mol. The van der Waals surface area contributed by atoms with Crippen molar-refractivity contribution in [2.24, 2.45) is 0 Å². The van der Waals surface area contributed by atoms with E-state index >= 15 is 0 Å². The summed E-state index contributed by atoms with van der Waals surface area (Å²) in [5.41, 5.74) is 2.34. The van der Waals surface area contributed by atoms with Crippen molar-refractivity contribution in [3.8, 4) is 0 Å². The molecule has 1 aromatic carbocycles. The Labute approximate surface area is 97.3 Å². The maximum atomic E-state index is 13.2. The summed E-state index contributed by atoms with van der Waals surface area (Å²) >= 11 is 0. The Hall–Kier alpha value is -1.88. The number of anilines is 2. The van der Waals surface area contributed by atoms with E-state index in [1.807, 2.05) is 4.90 Å². The Morgan fingerprint density at radius 3 is 3.12 bits per heavy atom. The van der Waals surface area contributed by atoms with Crippen LogP contribution in [0.5, 0.6) is 0 Å². The maximum Gasteiger partial charge on any atom is 0.302 e. The molecule has 0 aliphatic carbocycles. The Kier molecular flexibility index (Phi) is 2.33. The molecule has 1 aliphatic heterocycles. The smallest absolute Gasteiger partial charge is 0.302 e. The van der Waals surface area contributed by atoms with Gasteiger partial charge < -0.3 is 9.52 Å². The largest absolute Gasteiger partial charge is 0.431 e. The van der Waals surface area contributed by atoms with Crippen LogP contribution in [0.2, 0.25) is 0 Å². The molecule has 5 heteroatoms. The molecule has 2 aromatic rings. The number of hydrogen-bond acceptors (Lipinski definition) is 4. The minimum Gasteiger partial charge on any atom is -0.431 e. The van der Waals surface area contributed by atoms with Gasteiger partial charge in [0.2, 0.25) is 0 Å². The Bertz CT molecular complexity index is 553. The number of benzene rings is 1. The summed E-state index contributed by atoms with van der Waals surface area (Å²) in [6.45, 7) is 0.553. The third-order valence-corrected chi connectivity index (χ3v) is 2.88. The summed E-state index contributed by atoms with van der Waals surface area (Å²) in [7, 11) is 0. The highest BCUT2D eigenvalue weighted by Gasteiger charge is 2.24. The lowest BCUT2D eigenvalue weighted by atomic mass is 10.2. The van der Waals surface area contributed by atoms with Crippen molar-refractivity contribution in [3.63, 3.8) is 0 Å². The molecule has 0 spiro atoms. The van der Waals surface area contributed by atoms with Gasteiger partial charge in [0, 0.05) is 6.54 Å². The molecule has 1 N–H and O–H groups in total. The summed E-state index contributed by atoms with van der Waals surface area (Å²) in [6.07, 6.45) is 2.25. The van der Waals surface area contributed by atoms with Crippen LogP contribution in [0.25, 0.3) is 0 Å². The summed E-state index contributed by atoms with van der Waals surface area (Å²) in [5, 5.41) is 8.93. The minimum atomic E-state index is -0.274. The molecular weight excluding hydrogens is 223 g/mol. The third kappa shape index (κ3) is 1.68. The van der Waals surface area contributed by atoms with E-state index in [0.29, 0.717) is 18.3 Å². The van der Waals surface area contributed by atoms with Crippen LogP contribution in [0, 0.1) is 5.82 Å². The quantitative estimate of drug-likeness (QED) is 0.863. The van der Waals surface area contributed by atoms with Crippen LogP contribution in [-0.4, -0.2) is 16.6 Å². The molecule has 0 saturated heterocycles. The van der Waals surface area contributed by atoms with Gasteiger partial charge in [-0.3, -0.25) is 4.90 Å². The molecule has 0 atom stereocenters. The lowest BCUT2D eigenvalue weighted by molar-refractivity contribution is 0.276. The van der Waals surface area contributed by atoms with Crippen LogP contribution in [0.3, 0.4) is 0 Å². The van der Waals surface area contributed by atoms with Gasteiger partial charge in [-0.25, -0.2) is 4.39 Å². The second-order valence-electron chi connectivity index (χ2n) is 3.95. The van der Waals surface area contributed by atoms with Crippen LogP contribution < -0.4 is 4.90 Å². The van der Waals surface area contributed by atoms with Gasteiger partial charge in [-0.05, 0) is 24.1 Å². The van der Waals surface area contributed by atoms with Gasteiger partial charge in [0.1, 0.15) is 17.8 Å². The van der Waals surface area contributed by atoms with Crippen molar-refractivity contribution in [3.05, 3.63) is 41.5 Å². The summed E-state index contributed by atoms with van der Waals surface area (Å²) in [4.78, 5) is 5.94. The minimum absolute atomic E-state index is 0.159. The van der Waals surface area contributed by atoms with Crippen LogP contribution >= 0.6 is 0 Å². The molecule has 0 fully saturated rings. The van der Waals surface area contributed by atoms with Gasteiger partial charge in [0.15, 0.2) is 0 Å². The van der Waals surface area contributed by atoms with E-state index in [0.717, 1.165) is 17.7 Å². The molecule has 0 unspecified atom stereocenters. The Morgan fingerprint density at radius 1 is 1.47 bits per heavy atom. The van der Waals surface area contributed by atoms with Crippen LogP contribution in [-0.2, 0) is 13.0 Å². The molecule has 0 saturated carbocycles. The topological polar surface area (TPSA) is 49.5 Å². The van der Waals surface area contributed by atoms with Gasteiger partial charge in [0.05, 0.1) is 12.3 Å². The standard InChI is InChI=1S/C12H11FN2O2/c13-9-2-1-8-3-4-15(11(8)5-9)12-14-10(6-16)7-17-12/h1-2,5,7,16H,3-4,6H2. The fraction of sp³-hybridized carbons (Fsp3) is 0.250. The zero-order valence-corrected chi connectivity index (χ0v) is 9.06. The monoisotopic (exact) mass is 234 g/mol. The van der Waals surface area contributed by atoms with E-state index in [1.54, 1.807) is 6.07 Å². The van der Waals surface area contributed by atoms with E-state index in [2.05, 4.69) is 4.98 Å². The second-order valence-corrected chi connectivity index (χ2v) is 3.95. The SMILES string of the molecule is OCc1coc(N2CCc3ccc(F)cc32)n1. The normalized spacial score (nSPS) is 14.1. The van der Waals surface area contributed by atoms with Crippen LogP contribution in [0.1, 0.15) is 11.3 Å². The van der Waals surface area contributed by atoms with Crippen molar-refractivity contribution in [1.29, 1.82) is 0 Å². The number of aliphatic hydroxyl groups is 1. The van der Waals surface area contributed by atoms with Crippen LogP contribution in [0.15, 0.2) is 28.9 Å². The lowest BCUT2D eigenvalue weighted by Gasteiger charge is -2.13. The molecule has 17 heavy (non-hydrogen) atoms. The molecular formula is C12H11FN2O2. The number of halogens is 1. The molecule has 88 valence electrons. The molecule has 0 radical (unpaired) electrons. The molecule has 4 nitrogen and oxygen atoms in total. The Morgan fingerprint density at radius 2 is 2.35 bits per heavy atom. The zero-order valence-electron chi connectivity index (χ0n) is 9.06. The van der Waals surface area contributed by atoms with Crippen molar-refractivity contribution < 1.29 is 13.9 Å². The van der Waals surface area contributed by atoms with E-state index in [4.69, 9.17) is 9.52 Å². The van der Waals surface area contributed by atoms with E-state index in [1.165, 1.54) is 18.4 Å². The number of nitrogens with zero attached hydrogens (tertiary/aromatic N) is 2. The first-order chi connectivity index (χ1) is 8.28. The molecule has 3 rings (SSSR count). The van der Waals surface area contributed by atoms with Crippen molar-refractivity contribution >= 4 is 11.7 Å². The third-order valence-electron chi connectivity index (χ3n) is 2.88. The molecule has 1 aromatic heterocycles. The first kappa shape index (κ1) is 10.3. The number of hydrogen-bond donors (Lipinski definition) is 1. The van der Waals surface area contributed by atoms with Crippen molar-refractivity contribution in [2.75, 3.05) is 11.4 Å². The number of rotatable bonds is 2. The molecule has 0 amide bonds. The highest BCUT2D eigenvalue weighted by molar-refractivity contribution is 5.65. The fourth-order valence-corrected chi connectivity index (χ4v) is 2.04. The predicted molar refractivity (Wildman–Crippen MR) is 59.5 cm³/mol. The number of oxazole rings is 1. The van der Waals surface area contributed by atoms with Gasteiger partial charge in [-0.2, -0.15) is 4.98 Å². The zero-order chi connectivity index (χ0) is 11.8. The highest BCUT2D eigenvalue weighted by Crippen LogP contribution is 2.34. The van der Waals surface area contributed by atoms with Gasteiger partial charge in [0.25, 0.3) is 0 Å². The number of fused-ring (bicyclic) bond motifs is 1. The van der Waals surface area contributed by atoms with E-state index in [-0.39, 0.29) is 12.4 Å². The van der Waals surface area contributed by atoms with Gasteiger partial charge in [-0.15, -0.1) is 0 Å². The number of aromatic nitrogens is 1. The first-order valence-electron chi connectivity index (χ1n) is 5.39. The summed E-state index contributed by atoms with van der Waals surface area (Å²) in [6, 6.07) is 5.11. The molecule has 1 aliphatic rings. The van der Waals surface area contributed by atoms with Gasteiger partial charge >= 0.3 is 6.01 Å². The second kappa shape index (κ2) is 3.85. The van der Waals surface area contributed by atoms with E-state index < -0.39 is 0 Å². The van der Waals surface area contributed by atoms with Crippen LogP contribution in [0.4, 0.5) is 16.1 Å². The summed E-state index contributed by atoms with van der Waals surface area (Å²) < 4.78 is 18.5. The van der Waals surface area contributed by atoms with Crippen molar-refractivity contribution in [2.45, 2.75) is 13.0 Å². The first-order valence-corrected chi connectivity index (χ1v) is 5.39. The molecule has 2 heterocycles. The lowest BCUT2D eigenvalue weighted by Crippen LogP contribution is -2.13.